The van der Waals surface area contributed by atoms with Crippen LogP contribution in [0.15, 0.2) is 0 Å². The van der Waals surface area contributed by atoms with Gasteiger partial charge in [0.1, 0.15) is 0 Å². The van der Waals surface area contributed by atoms with Crippen molar-refractivity contribution in [2.45, 2.75) is 144 Å². The number of carboxylic acids is 2. The highest BCUT2D eigenvalue weighted by Crippen LogP contribution is 2.59. The molecule has 280 valence electrons. The quantitative estimate of drug-likeness (QED) is 0.0583. The van der Waals surface area contributed by atoms with E-state index in [4.69, 9.17) is 47.7 Å². The Bertz CT molecular complexity index is 806. The second-order valence-corrected chi connectivity index (χ2v) is 10.8. The monoisotopic (exact) mass is 682 g/mol. The van der Waals surface area contributed by atoms with Gasteiger partial charge in [0, 0.05) is 59.3 Å². The molecule has 0 fully saturated rings. The lowest BCUT2D eigenvalue weighted by atomic mass is 9.65. The van der Waals surface area contributed by atoms with Gasteiger partial charge in [-0.15, -0.1) is 0 Å². The Morgan fingerprint density at radius 1 is 0.553 bits per heavy atom. The van der Waals surface area contributed by atoms with Gasteiger partial charge >= 0.3 is 17.9 Å². The van der Waals surface area contributed by atoms with Crippen molar-refractivity contribution in [2.24, 2.45) is 5.41 Å². The molecule has 0 spiro atoms. The first kappa shape index (κ1) is 45.6. The molecule has 0 saturated heterocycles. The lowest BCUT2D eigenvalue weighted by Crippen LogP contribution is -2.81. The van der Waals surface area contributed by atoms with Gasteiger partial charge in [0.15, 0.2) is 5.41 Å². The summed E-state index contributed by atoms with van der Waals surface area (Å²) in [4.78, 5) is 25.7. The predicted molar refractivity (Wildman–Crippen MR) is 176 cm³/mol. The minimum absolute atomic E-state index is 0.00793. The Kier molecular flexibility index (Phi) is 23.9. The van der Waals surface area contributed by atoms with Crippen LogP contribution in [0.4, 0.5) is 0 Å². The van der Waals surface area contributed by atoms with Crippen LogP contribution in [0.5, 0.6) is 0 Å². The van der Waals surface area contributed by atoms with Gasteiger partial charge in [-0.1, -0.05) is 39.5 Å². The number of hydrogen-bond acceptors (Lipinski definition) is 11. The third-order valence-corrected chi connectivity index (χ3v) is 7.59. The molecule has 0 aromatic rings. The second-order valence-electron chi connectivity index (χ2n) is 10.8. The molecule has 0 bridgehead atoms. The number of hydrogen-bond donors (Lipinski definition) is 2. The fraction of sp³-hybridized carbons (Fsp3) is 0.941. The zero-order valence-electron chi connectivity index (χ0n) is 30.7. The van der Waals surface area contributed by atoms with Crippen molar-refractivity contribution < 1.29 is 62.4 Å². The summed E-state index contributed by atoms with van der Waals surface area (Å²) in [5, 5.41) is 21.0. The van der Waals surface area contributed by atoms with Gasteiger partial charge in [-0.25, -0.2) is 0 Å². The van der Waals surface area contributed by atoms with E-state index >= 15 is 0 Å². The Morgan fingerprint density at radius 3 is 1.51 bits per heavy atom. The normalized spacial score (nSPS) is 14.7. The van der Waals surface area contributed by atoms with Crippen LogP contribution in [0.1, 0.15) is 120 Å². The summed E-state index contributed by atoms with van der Waals surface area (Å²) in [6.07, 6.45) is 2.24. The van der Waals surface area contributed by atoms with Crippen molar-refractivity contribution >= 4 is 11.9 Å². The summed E-state index contributed by atoms with van der Waals surface area (Å²) in [6, 6.07) is 0. The fourth-order valence-electron chi connectivity index (χ4n) is 5.96. The molecule has 0 aromatic carbocycles. The molecule has 47 heavy (non-hydrogen) atoms. The van der Waals surface area contributed by atoms with Gasteiger partial charge in [-0.2, -0.15) is 0 Å². The van der Waals surface area contributed by atoms with E-state index < -0.39 is 41.2 Å². The van der Waals surface area contributed by atoms with E-state index in [1.807, 2.05) is 13.8 Å². The van der Waals surface area contributed by atoms with Crippen LogP contribution in [0, 0.1) is 5.41 Å². The largest absolute Gasteiger partial charge is 0.481 e. The van der Waals surface area contributed by atoms with E-state index in [1.54, 1.807) is 48.5 Å². The second kappa shape index (κ2) is 24.7. The molecule has 0 aliphatic heterocycles. The fourth-order valence-corrected chi connectivity index (χ4v) is 5.96. The number of unbranched alkanes of at least 4 members (excludes halogenated alkanes) is 4. The molecule has 0 amide bonds. The van der Waals surface area contributed by atoms with Crippen molar-refractivity contribution in [2.75, 3.05) is 59.5 Å². The SMILES string of the molecule is CCCCOC(OCC)(OCC)C(OCC)(OCC)C(CCCCCCC(=O)O)(C(=O)O)C(OCC)(OCC)C(OCC)OCCC. The smallest absolute Gasteiger partial charge is 0.342 e. The van der Waals surface area contributed by atoms with Gasteiger partial charge < -0.3 is 52.8 Å². The first-order valence-electron chi connectivity index (χ1n) is 17.7. The molecular weight excluding hydrogens is 616 g/mol. The number of aliphatic carboxylic acids is 2. The van der Waals surface area contributed by atoms with Gasteiger partial charge in [-0.3, -0.25) is 9.59 Å². The zero-order chi connectivity index (χ0) is 35.8. The molecule has 0 saturated carbocycles. The van der Waals surface area contributed by atoms with Crippen LogP contribution >= 0.6 is 0 Å². The summed E-state index contributed by atoms with van der Waals surface area (Å²) in [6.45, 7) is 16.6. The average molecular weight is 683 g/mol. The Labute approximate surface area is 283 Å². The van der Waals surface area contributed by atoms with Crippen molar-refractivity contribution in [3.05, 3.63) is 0 Å². The summed E-state index contributed by atoms with van der Waals surface area (Å²) < 4.78 is 58.0. The topological polar surface area (TPSA) is 158 Å². The number of ether oxygens (including phenoxy) is 9. The van der Waals surface area contributed by atoms with E-state index in [9.17, 15) is 14.7 Å². The predicted octanol–water partition coefficient (Wildman–Crippen LogP) is 6.35. The first-order chi connectivity index (χ1) is 22.6. The maximum absolute atomic E-state index is 14.5. The van der Waals surface area contributed by atoms with Crippen LogP contribution in [0.25, 0.3) is 0 Å². The van der Waals surface area contributed by atoms with E-state index in [2.05, 4.69) is 0 Å². The Balaban J connectivity index is 8.39. The van der Waals surface area contributed by atoms with Crippen LogP contribution in [-0.2, 0) is 52.2 Å². The Hall–Kier alpha value is -1.42. The number of carboxylic acid groups (broad SMARTS) is 2. The van der Waals surface area contributed by atoms with Crippen molar-refractivity contribution in [3.8, 4) is 0 Å². The summed E-state index contributed by atoms with van der Waals surface area (Å²) in [7, 11) is 0. The lowest BCUT2D eigenvalue weighted by molar-refractivity contribution is -0.543. The van der Waals surface area contributed by atoms with Gasteiger partial charge in [0.2, 0.25) is 12.1 Å². The van der Waals surface area contributed by atoms with Crippen molar-refractivity contribution in [1.82, 2.24) is 0 Å². The minimum Gasteiger partial charge on any atom is -0.481 e. The van der Waals surface area contributed by atoms with Crippen LogP contribution in [0.2, 0.25) is 0 Å². The lowest BCUT2D eigenvalue weighted by Gasteiger charge is -2.60. The third kappa shape index (κ3) is 11.3. The van der Waals surface area contributed by atoms with E-state index in [-0.39, 0.29) is 78.7 Å². The van der Waals surface area contributed by atoms with Gasteiger partial charge in [-0.05, 0) is 74.1 Å². The molecule has 13 heteroatoms. The molecule has 2 unspecified atom stereocenters. The molecule has 0 aliphatic carbocycles. The molecule has 0 rings (SSSR count). The van der Waals surface area contributed by atoms with E-state index in [0.29, 0.717) is 32.1 Å². The molecule has 0 aromatic heterocycles. The first-order valence-corrected chi connectivity index (χ1v) is 17.7. The number of rotatable bonds is 33. The highest BCUT2D eigenvalue weighted by Gasteiger charge is 2.82. The molecule has 0 heterocycles. The summed E-state index contributed by atoms with van der Waals surface area (Å²) >= 11 is 0. The summed E-state index contributed by atoms with van der Waals surface area (Å²) in [5.41, 5.74) is -2.34. The number of carbonyl (C=O) groups is 2. The van der Waals surface area contributed by atoms with Crippen LogP contribution in [0.3, 0.4) is 0 Å². The van der Waals surface area contributed by atoms with E-state index in [1.165, 1.54) is 0 Å². The standard InChI is InChI=1S/C34H66O13/c1-10-19-27-47-34(45-17-8,46-18-9)33(43-15-6,44-16-7)31(29(37)38,25-23-21-20-22-24-28(35)36)32(41-13-4,42-14-5)30(39-12-3)40-26-11-2/h30H,10-27H2,1-9H3,(H,35,36)(H,37,38). The average Bonchev–Trinajstić information content (AvgIpc) is 3.02. The van der Waals surface area contributed by atoms with Crippen LogP contribution < -0.4 is 0 Å². The maximum Gasteiger partial charge on any atom is 0.342 e. The highest BCUT2D eigenvalue weighted by atomic mass is 16.9. The molecule has 0 radical (unpaired) electrons. The summed E-state index contributed by atoms with van der Waals surface area (Å²) in [5.74, 6) is -9.07. The Morgan fingerprint density at radius 2 is 1.09 bits per heavy atom. The molecule has 13 nitrogen and oxygen atoms in total. The molecule has 2 N–H and O–H groups in total. The third-order valence-electron chi connectivity index (χ3n) is 7.59. The van der Waals surface area contributed by atoms with Crippen molar-refractivity contribution in [1.29, 1.82) is 0 Å². The molecule has 2 atom stereocenters. The van der Waals surface area contributed by atoms with Crippen LogP contribution in [-0.4, -0.2) is 105 Å². The maximum atomic E-state index is 14.5. The molecular formula is C34H66O13. The molecule has 0 aliphatic rings. The van der Waals surface area contributed by atoms with Crippen molar-refractivity contribution in [3.63, 3.8) is 0 Å². The highest BCUT2D eigenvalue weighted by molar-refractivity contribution is 5.78. The minimum atomic E-state index is -2.37. The zero-order valence-corrected chi connectivity index (χ0v) is 30.7. The van der Waals surface area contributed by atoms with Gasteiger partial charge in [0.25, 0.3) is 5.79 Å². The van der Waals surface area contributed by atoms with E-state index in [0.717, 1.165) is 6.42 Å². The van der Waals surface area contributed by atoms with Gasteiger partial charge in [0.05, 0.1) is 6.61 Å².